The number of hydrogen-bond acceptors (Lipinski definition) is 4. The summed E-state index contributed by atoms with van der Waals surface area (Å²) in [6.45, 7) is 0. The van der Waals surface area contributed by atoms with Crippen molar-refractivity contribution < 1.29 is 9.47 Å². The first kappa shape index (κ1) is 24.4. The van der Waals surface area contributed by atoms with Gasteiger partial charge in [0.1, 0.15) is 32.1 Å². The number of ether oxygens (including phenoxy) is 2. The third-order valence-electron chi connectivity index (χ3n) is 6.64. The highest BCUT2D eigenvalue weighted by molar-refractivity contribution is 6.35. The second kappa shape index (κ2) is 10.2. The predicted octanol–water partition coefficient (Wildman–Crippen LogP) is 9.45. The fourth-order valence-electron chi connectivity index (χ4n) is 4.60. The highest BCUT2D eigenvalue weighted by Crippen LogP contribution is 2.43. The van der Waals surface area contributed by atoms with Gasteiger partial charge in [-0.1, -0.05) is 120 Å². The van der Waals surface area contributed by atoms with E-state index in [2.05, 4.69) is 0 Å². The number of fused-ring (bicyclic) bond motifs is 4. The van der Waals surface area contributed by atoms with E-state index in [-0.39, 0.29) is 0 Å². The van der Waals surface area contributed by atoms with Crippen LogP contribution in [0.2, 0.25) is 10.0 Å². The Morgan fingerprint density at radius 2 is 0.875 bits per heavy atom. The van der Waals surface area contributed by atoms with E-state index < -0.39 is 0 Å². The summed E-state index contributed by atoms with van der Waals surface area (Å²) in [5, 5.41) is 1.44. The molecule has 0 amide bonds. The van der Waals surface area contributed by atoms with E-state index in [0.717, 1.165) is 22.3 Å². The van der Waals surface area contributed by atoms with Crippen molar-refractivity contribution in [3.05, 3.63) is 140 Å². The third-order valence-corrected chi connectivity index (χ3v) is 7.34. The molecule has 2 heterocycles. The molecule has 4 nitrogen and oxygen atoms in total. The second-order valence-corrected chi connectivity index (χ2v) is 10.1. The summed E-state index contributed by atoms with van der Waals surface area (Å²) in [5.74, 6) is 1.90. The molecule has 0 fully saturated rings. The molecule has 2 aliphatic heterocycles. The maximum atomic E-state index is 6.84. The van der Waals surface area contributed by atoms with Gasteiger partial charge >= 0.3 is 0 Å². The van der Waals surface area contributed by atoms with E-state index in [1.54, 1.807) is 0 Å². The van der Waals surface area contributed by atoms with E-state index >= 15 is 0 Å². The van der Waals surface area contributed by atoms with Crippen molar-refractivity contribution >= 4 is 58.9 Å². The van der Waals surface area contributed by atoms with Crippen molar-refractivity contribution in [3.63, 3.8) is 0 Å². The first-order valence-electron chi connectivity index (χ1n) is 12.7. The molecule has 7 rings (SSSR count). The molecule has 0 spiro atoms. The SMILES string of the molecule is Clc1c2c(c(Cl)c3c1=Nc1ccc(/C=C/c4ccccc4)cc1O3)=Nc1ccc(/C=C/c3ccccc3)cc1O2. The lowest BCUT2D eigenvalue weighted by Gasteiger charge is -2.21. The van der Waals surface area contributed by atoms with Gasteiger partial charge in [0.25, 0.3) is 0 Å². The van der Waals surface area contributed by atoms with Gasteiger partial charge in [-0.15, -0.1) is 0 Å². The van der Waals surface area contributed by atoms with Crippen LogP contribution in [0.1, 0.15) is 22.3 Å². The van der Waals surface area contributed by atoms with Crippen LogP contribution in [0, 0.1) is 0 Å². The van der Waals surface area contributed by atoms with Gasteiger partial charge in [0.05, 0.1) is 0 Å². The molecule has 0 radical (unpaired) electrons. The van der Waals surface area contributed by atoms with Crippen LogP contribution in [0.5, 0.6) is 23.0 Å². The summed E-state index contributed by atoms with van der Waals surface area (Å²) in [5.41, 5.74) is 5.48. The van der Waals surface area contributed by atoms with Crippen LogP contribution >= 0.6 is 23.2 Å². The maximum Gasteiger partial charge on any atom is 0.175 e. The summed E-state index contributed by atoms with van der Waals surface area (Å²) in [6, 6.07) is 31.8. The molecule has 0 unspecified atom stereocenters. The molecule has 5 aromatic rings. The molecule has 0 atom stereocenters. The van der Waals surface area contributed by atoms with Crippen LogP contribution in [0.25, 0.3) is 24.3 Å². The standard InChI is InChI=1S/C34H20Cl2N2O2/c35-29-32-34(40-28-20-24(16-18-26(28)38-32)14-12-22-9-5-2-6-10-22)30(36)31-33(29)39-27-19-23(15-17-25(27)37-31)13-11-21-7-3-1-4-8-21/h1-20H/b13-11+,14-12+. The topological polar surface area (TPSA) is 43.2 Å². The van der Waals surface area contributed by atoms with E-state index in [9.17, 15) is 0 Å². The molecule has 40 heavy (non-hydrogen) atoms. The van der Waals surface area contributed by atoms with Crippen molar-refractivity contribution in [2.75, 3.05) is 0 Å². The fourth-order valence-corrected chi connectivity index (χ4v) is 5.11. The Kier molecular flexibility index (Phi) is 6.20. The molecular formula is C34H20Cl2N2O2. The molecule has 0 bridgehead atoms. The minimum atomic E-state index is 0.299. The van der Waals surface area contributed by atoms with Gasteiger partial charge < -0.3 is 9.47 Å². The predicted molar refractivity (Wildman–Crippen MR) is 162 cm³/mol. The smallest absolute Gasteiger partial charge is 0.175 e. The Bertz CT molecular complexity index is 1820. The number of hydrogen-bond donors (Lipinski definition) is 0. The Morgan fingerprint density at radius 3 is 1.30 bits per heavy atom. The molecule has 192 valence electrons. The van der Waals surface area contributed by atoms with Crippen molar-refractivity contribution in [2.45, 2.75) is 0 Å². The molecule has 0 aliphatic carbocycles. The van der Waals surface area contributed by atoms with Crippen molar-refractivity contribution in [2.24, 2.45) is 9.98 Å². The Hall–Kier alpha value is -4.64. The zero-order valence-corrected chi connectivity index (χ0v) is 22.5. The van der Waals surface area contributed by atoms with E-state index in [0.29, 0.717) is 55.1 Å². The summed E-state index contributed by atoms with van der Waals surface area (Å²) in [7, 11) is 0. The van der Waals surface area contributed by atoms with Crippen LogP contribution in [-0.2, 0) is 0 Å². The maximum absolute atomic E-state index is 6.84. The summed E-state index contributed by atoms with van der Waals surface area (Å²) < 4.78 is 12.5. The van der Waals surface area contributed by atoms with Crippen molar-refractivity contribution in [3.8, 4) is 23.0 Å². The van der Waals surface area contributed by atoms with E-state index in [1.807, 2.05) is 121 Å². The fraction of sp³-hybridized carbons (Fsp3) is 0. The third kappa shape index (κ3) is 4.58. The van der Waals surface area contributed by atoms with Crippen LogP contribution in [-0.4, -0.2) is 0 Å². The molecule has 6 heteroatoms. The van der Waals surface area contributed by atoms with Crippen LogP contribution in [0.3, 0.4) is 0 Å². The zero-order valence-electron chi connectivity index (χ0n) is 21.0. The average molecular weight is 559 g/mol. The molecule has 5 aromatic carbocycles. The molecule has 0 N–H and O–H groups in total. The number of halogens is 2. The lowest BCUT2D eigenvalue weighted by molar-refractivity contribution is 0.451. The number of nitrogens with zero attached hydrogens (tertiary/aromatic N) is 2. The largest absolute Gasteiger partial charge is 0.451 e. The highest BCUT2D eigenvalue weighted by Gasteiger charge is 2.27. The number of rotatable bonds is 4. The molecule has 2 aliphatic rings. The Morgan fingerprint density at radius 1 is 0.475 bits per heavy atom. The molecule has 0 saturated carbocycles. The van der Waals surface area contributed by atoms with Crippen LogP contribution < -0.4 is 20.2 Å². The molecule has 0 saturated heterocycles. The normalized spacial score (nSPS) is 12.8. The van der Waals surface area contributed by atoms with Gasteiger partial charge in [0.2, 0.25) is 0 Å². The summed E-state index contributed by atoms with van der Waals surface area (Å²) in [6.07, 6.45) is 8.15. The van der Waals surface area contributed by atoms with Gasteiger partial charge in [0.15, 0.2) is 23.0 Å². The van der Waals surface area contributed by atoms with Crippen molar-refractivity contribution in [1.82, 2.24) is 0 Å². The van der Waals surface area contributed by atoms with Gasteiger partial charge in [-0.2, -0.15) is 0 Å². The second-order valence-electron chi connectivity index (χ2n) is 9.35. The lowest BCUT2D eigenvalue weighted by Crippen LogP contribution is -2.22. The molecular weight excluding hydrogens is 539 g/mol. The minimum Gasteiger partial charge on any atom is -0.451 e. The van der Waals surface area contributed by atoms with Gasteiger partial charge in [0, 0.05) is 0 Å². The minimum absolute atomic E-state index is 0.299. The monoisotopic (exact) mass is 558 g/mol. The van der Waals surface area contributed by atoms with E-state index in [1.165, 1.54) is 0 Å². The Balaban J connectivity index is 1.24. The quantitative estimate of drug-likeness (QED) is 0.202. The Labute approximate surface area is 240 Å². The van der Waals surface area contributed by atoms with Gasteiger partial charge in [-0.25, -0.2) is 9.98 Å². The van der Waals surface area contributed by atoms with Gasteiger partial charge in [-0.05, 0) is 46.5 Å². The zero-order chi connectivity index (χ0) is 27.1. The number of benzene rings is 5. The molecule has 0 aromatic heterocycles. The average Bonchev–Trinajstić information content (AvgIpc) is 3.01. The van der Waals surface area contributed by atoms with Gasteiger partial charge in [-0.3, -0.25) is 0 Å². The van der Waals surface area contributed by atoms with Crippen LogP contribution in [0.4, 0.5) is 11.4 Å². The van der Waals surface area contributed by atoms with Crippen molar-refractivity contribution in [1.29, 1.82) is 0 Å². The first-order chi connectivity index (χ1) is 19.6. The van der Waals surface area contributed by atoms with Crippen LogP contribution in [0.15, 0.2) is 107 Å². The lowest BCUT2D eigenvalue weighted by atomic mass is 10.1. The highest BCUT2D eigenvalue weighted by atomic mass is 35.5. The van der Waals surface area contributed by atoms with E-state index in [4.69, 9.17) is 42.7 Å². The summed E-state index contributed by atoms with van der Waals surface area (Å²) in [4.78, 5) is 9.55. The summed E-state index contributed by atoms with van der Waals surface area (Å²) >= 11 is 13.7. The first-order valence-corrected chi connectivity index (χ1v) is 13.5.